The Bertz CT molecular complexity index is 803. The van der Waals surface area contributed by atoms with Crippen molar-refractivity contribution >= 4 is 61.7 Å². The Kier molecular flexibility index (Phi) is 4.47. The van der Waals surface area contributed by atoms with Crippen LogP contribution in [0.25, 0.3) is 9.40 Å². The van der Waals surface area contributed by atoms with E-state index in [0.29, 0.717) is 0 Å². The molecule has 0 spiro atoms. The van der Waals surface area contributed by atoms with Gasteiger partial charge in [-0.25, -0.2) is 4.79 Å². The first-order chi connectivity index (χ1) is 10.7. The molecule has 3 aromatic rings. The molecule has 0 aliphatic carbocycles. The van der Waals surface area contributed by atoms with Crippen LogP contribution < -0.4 is 5.43 Å². The summed E-state index contributed by atoms with van der Waals surface area (Å²) in [5.41, 5.74) is 3.92. The van der Waals surface area contributed by atoms with Crippen LogP contribution in [-0.4, -0.2) is 23.5 Å². The number of thioether (sulfide) groups is 1. The third-order valence-electron chi connectivity index (χ3n) is 2.92. The summed E-state index contributed by atoms with van der Waals surface area (Å²) in [5.74, 6) is -0.932. The minimum atomic E-state index is -0.932. The average molecular weight is 348 g/mol. The second-order valence-corrected chi connectivity index (χ2v) is 7.70. The largest absolute Gasteiger partial charge is 0.478 e. The summed E-state index contributed by atoms with van der Waals surface area (Å²) < 4.78 is 3.88. The van der Waals surface area contributed by atoms with Crippen molar-refractivity contribution in [1.82, 2.24) is 0 Å². The van der Waals surface area contributed by atoms with Crippen molar-refractivity contribution in [2.45, 2.75) is 4.21 Å². The number of hydrazone groups is 1. The summed E-state index contributed by atoms with van der Waals surface area (Å²) >= 11 is 5.25. The number of carbonyl (C=O) groups is 1. The molecule has 0 unspecified atom stereocenters. The van der Waals surface area contributed by atoms with Gasteiger partial charge in [-0.3, -0.25) is 5.43 Å². The Morgan fingerprint density at radius 1 is 1.23 bits per heavy atom. The molecule has 0 aliphatic heterocycles. The molecule has 0 bridgehead atoms. The molecule has 2 N–H and O–H groups in total. The maximum absolute atomic E-state index is 10.8. The highest BCUT2D eigenvalue weighted by atomic mass is 32.2. The van der Waals surface area contributed by atoms with Crippen LogP contribution >= 0.6 is 34.4 Å². The Labute approximate surface area is 139 Å². The van der Waals surface area contributed by atoms with E-state index >= 15 is 0 Å². The average Bonchev–Trinajstić information content (AvgIpc) is 3.05. The third-order valence-corrected chi connectivity index (χ3v) is 6.21. The number of nitrogens with one attached hydrogen (secondary N) is 1. The minimum absolute atomic E-state index is 0.262. The van der Waals surface area contributed by atoms with Gasteiger partial charge in [0.05, 0.1) is 21.7 Å². The highest BCUT2D eigenvalue weighted by molar-refractivity contribution is 8.00. The lowest BCUT2D eigenvalue weighted by Gasteiger charge is -1.99. The third kappa shape index (κ3) is 3.32. The molecule has 0 saturated carbocycles. The summed E-state index contributed by atoms with van der Waals surface area (Å²) in [7, 11) is 0. The number of hydrogen-bond donors (Lipinski definition) is 2. The fourth-order valence-corrected chi connectivity index (χ4v) is 4.78. The highest BCUT2D eigenvalue weighted by Crippen LogP contribution is 2.36. The fourth-order valence-electron chi connectivity index (χ4n) is 1.85. The van der Waals surface area contributed by atoms with Crippen LogP contribution in [0.15, 0.2) is 45.7 Å². The van der Waals surface area contributed by atoms with E-state index in [2.05, 4.69) is 28.9 Å². The zero-order valence-corrected chi connectivity index (χ0v) is 14.0. The molecule has 3 rings (SSSR count). The topological polar surface area (TPSA) is 61.7 Å². The van der Waals surface area contributed by atoms with Crippen molar-refractivity contribution in [3.05, 3.63) is 46.8 Å². The van der Waals surface area contributed by atoms with Crippen LogP contribution in [0.2, 0.25) is 0 Å². The maximum Gasteiger partial charge on any atom is 0.335 e. The molecule has 0 radical (unpaired) electrons. The molecule has 0 saturated heterocycles. The Morgan fingerprint density at radius 3 is 2.59 bits per heavy atom. The van der Waals surface area contributed by atoms with Gasteiger partial charge in [-0.2, -0.15) is 5.10 Å². The van der Waals surface area contributed by atoms with E-state index in [-0.39, 0.29) is 5.56 Å². The first-order valence-electron chi connectivity index (χ1n) is 6.35. The van der Waals surface area contributed by atoms with E-state index in [1.54, 1.807) is 64.9 Å². The fraction of sp³-hybridized carbons (Fsp3) is 0.0667. The molecular formula is C15H12N2O2S3. The van der Waals surface area contributed by atoms with Crippen molar-refractivity contribution in [2.75, 3.05) is 11.7 Å². The van der Waals surface area contributed by atoms with Crippen molar-refractivity contribution in [3.8, 4) is 0 Å². The van der Waals surface area contributed by atoms with Gasteiger partial charge in [-0.15, -0.1) is 34.4 Å². The lowest BCUT2D eigenvalue weighted by molar-refractivity contribution is 0.0697. The Balaban J connectivity index is 1.67. The molecule has 22 heavy (non-hydrogen) atoms. The van der Waals surface area contributed by atoms with Gasteiger partial charge in [0, 0.05) is 14.3 Å². The molecule has 4 nitrogen and oxygen atoms in total. The maximum atomic E-state index is 10.8. The number of anilines is 1. The van der Waals surface area contributed by atoms with Gasteiger partial charge < -0.3 is 5.11 Å². The van der Waals surface area contributed by atoms with Crippen LogP contribution in [0.5, 0.6) is 0 Å². The number of fused-ring (bicyclic) bond motifs is 1. The van der Waals surface area contributed by atoms with Gasteiger partial charge in [-0.1, -0.05) is 0 Å². The highest BCUT2D eigenvalue weighted by Gasteiger charge is 2.05. The van der Waals surface area contributed by atoms with E-state index < -0.39 is 5.97 Å². The molecule has 0 aliphatic rings. The molecule has 2 aromatic heterocycles. The molecule has 2 heterocycles. The minimum Gasteiger partial charge on any atom is -0.478 e. The van der Waals surface area contributed by atoms with E-state index in [1.165, 1.54) is 13.6 Å². The number of carboxylic acid groups (broad SMARTS) is 1. The van der Waals surface area contributed by atoms with Crippen LogP contribution in [-0.2, 0) is 0 Å². The zero-order chi connectivity index (χ0) is 15.5. The number of benzene rings is 1. The summed E-state index contributed by atoms with van der Waals surface area (Å²) in [6.07, 6.45) is 3.86. The van der Waals surface area contributed by atoms with Gasteiger partial charge in [0.2, 0.25) is 0 Å². The molecule has 1 aromatic carbocycles. The zero-order valence-electron chi connectivity index (χ0n) is 11.6. The summed E-state index contributed by atoms with van der Waals surface area (Å²) in [4.78, 5) is 11.9. The second kappa shape index (κ2) is 6.51. The van der Waals surface area contributed by atoms with Gasteiger partial charge in [0.15, 0.2) is 0 Å². The van der Waals surface area contributed by atoms with Gasteiger partial charge >= 0.3 is 5.97 Å². The molecule has 112 valence electrons. The smallest absolute Gasteiger partial charge is 0.335 e. The van der Waals surface area contributed by atoms with Crippen molar-refractivity contribution in [1.29, 1.82) is 0 Å². The molecule has 0 atom stereocenters. The molecule has 0 fully saturated rings. The number of rotatable bonds is 5. The second-order valence-electron chi connectivity index (χ2n) is 4.40. The van der Waals surface area contributed by atoms with Crippen LogP contribution in [0.3, 0.4) is 0 Å². The number of thiophene rings is 2. The quantitative estimate of drug-likeness (QED) is 0.394. The normalized spacial score (nSPS) is 11.3. The summed E-state index contributed by atoms with van der Waals surface area (Å²) in [5, 5.41) is 13.0. The monoisotopic (exact) mass is 348 g/mol. The predicted octanol–water partition coefficient (Wildman–Crippen LogP) is 4.83. The Hall–Kier alpha value is -1.83. The van der Waals surface area contributed by atoms with E-state index in [0.717, 1.165) is 10.6 Å². The van der Waals surface area contributed by atoms with Crippen LogP contribution in [0.1, 0.15) is 15.2 Å². The number of hydrogen-bond acceptors (Lipinski definition) is 6. The molecule has 7 heteroatoms. The van der Waals surface area contributed by atoms with Crippen molar-refractivity contribution in [2.24, 2.45) is 5.10 Å². The first-order valence-corrected chi connectivity index (χ1v) is 9.21. The van der Waals surface area contributed by atoms with Crippen molar-refractivity contribution < 1.29 is 9.90 Å². The van der Waals surface area contributed by atoms with Crippen LogP contribution in [0.4, 0.5) is 5.69 Å². The van der Waals surface area contributed by atoms with Gasteiger partial charge in [0.25, 0.3) is 0 Å². The number of aromatic carboxylic acids is 1. The first kappa shape index (κ1) is 15.1. The van der Waals surface area contributed by atoms with Crippen molar-refractivity contribution in [3.63, 3.8) is 0 Å². The standard InChI is InChI=1S/C15H12N2O2S3/c1-20-14-7-13-12(22-14)6-11(21-13)8-16-17-10-4-2-9(3-5-10)15(18)19/h2-8,17H,1H3,(H,18,19)/b16-8-. The van der Waals surface area contributed by atoms with E-state index in [1.807, 2.05) is 0 Å². The summed E-state index contributed by atoms with van der Waals surface area (Å²) in [6.45, 7) is 0. The lowest BCUT2D eigenvalue weighted by atomic mass is 10.2. The van der Waals surface area contributed by atoms with E-state index in [4.69, 9.17) is 5.11 Å². The van der Waals surface area contributed by atoms with Gasteiger partial charge in [0.1, 0.15) is 0 Å². The molecule has 0 amide bonds. The Morgan fingerprint density at radius 2 is 1.95 bits per heavy atom. The lowest BCUT2D eigenvalue weighted by Crippen LogP contribution is -1.96. The molecular weight excluding hydrogens is 336 g/mol. The van der Waals surface area contributed by atoms with Crippen LogP contribution in [0, 0.1) is 0 Å². The number of nitrogens with zero attached hydrogens (tertiary/aromatic N) is 1. The summed E-state index contributed by atoms with van der Waals surface area (Å²) in [6, 6.07) is 10.8. The number of carboxylic acids is 1. The van der Waals surface area contributed by atoms with E-state index in [9.17, 15) is 4.79 Å². The predicted molar refractivity (Wildman–Crippen MR) is 96.1 cm³/mol. The SMILES string of the molecule is CSc1cc2sc(/C=N\Nc3ccc(C(=O)O)cc3)cc2s1. The van der Waals surface area contributed by atoms with Gasteiger partial charge in [-0.05, 0) is 42.7 Å².